The quantitative estimate of drug-likeness (QED) is 0.861. The van der Waals surface area contributed by atoms with Crippen LogP contribution in [0.25, 0.3) is 0 Å². The standard InChI is InChI=1S/C15H16F3N3/c1-11(14-7-8-19-10-20-14)21(2)9-12-5-3-4-6-13(12)15(16,17)18/h3-8,10-11H,9H2,1-2H3/t11-/m0/s1. The van der Waals surface area contributed by atoms with E-state index < -0.39 is 11.7 Å². The Morgan fingerprint density at radius 1 is 1.19 bits per heavy atom. The van der Waals surface area contributed by atoms with Gasteiger partial charge >= 0.3 is 6.18 Å². The molecule has 0 unspecified atom stereocenters. The van der Waals surface area contributed by atoms with Crippen LogP contribution in [0.2, 0.25) is 0 Å². The summed E-state index contributed by atoms with van der Waals surface area (Å²) in [6.45, 7) is 2.10. The Hall–Kier alpha value is -1.95. The maximum absolute atomic E-state index is 13.0. The van der Waals surface area contributed by atoms with Crippen LogP contribution in [0.1, 0.15) is 29.8 Å². The molecule has 21 heavy (non-hydrogen) atoms. The van der Waals surface area contributed by atoms with Crippen molar-refractivity contribution >= 4 is 0 Å². The molecule has 1 heterocycles. The van der Waals surface area contributed by atoms with Gasteiger partial charge in [0, 0.05) is 18.8 Å². The maximum atomic E-state index is 13.0. The summed E-state index contributed by atoms with van der Waals surface area (Å²) in [6.07, 6.45) is -1.28. The van der Waals surface area contributed by atoms with Gasteiger partial charge < -0.3 is 0 Å². The van der Waals surface area contributed by atoms with Gasteiger partial charge in [-0.1, -0.05) is 18.2 Å². The molecule has 112 valence electrons. The van der Waals surface area contributed by atoms with Crippen LogP contribution in [0.15, 0.2) is 42.9 Å². The molecule has 0 saturated heterocycles. The molecule has 2 rings (SSSR count). The molecular formula is C15H16F3N3. The second-order valence-corrected chi connectivity index (χ2v) is 4.88. The largest absolute Gasteiger partial charge is 0.416 e. The molecule has 0 N–H and O–H groups in total. The molecule has 0 fully saturated rings. The molecule has 0 radical (unpaired) electrons. The molecule has 0 spiro atoms. The van der Waals surface area contributed by atoms with Crippen molar-refractivity contribution in [2.45, 2.75) is 25.7 Å². The third-order valence-electron chi connectivity index (χ3n) is 3.44. The molecule has 1 aromatic heterocycles. The number of aromatic nitrogens is 2. The van der Waals surface area contributed by atoms with Gasteiger partial charge in [-0.3, -0.25) is 4.90 Å². The lowest BCUT2D eigenvalue weighted by Crippen LogP contribution is -2.24. The molecule has 1 aromatic carbocycles. The van der Waals surface area contributed by atoms with E-state index in [1.165, 1.54) is 18.5 Å². The van der Waals surface area contributed by atoms with E-state index in [2.05, 4.69) is 9.97 Å². The highest BCUT2D eigenvalue weighted by atomic mass is 19.4. The Kier molecular flexibility index (Phi) is 4.57. The molecule has 0 aliphatic heterocycles. The van der Waals surface area contributed by atoms with E-state index in [1.54, 1.807) is 25.4 Å². The number of hydrogen-bond acceptors (Lipinski definition) is 3. The lowest BCUT2D eigenvalue weighted by Gasteiger charge is -2.25. The van der Waals surface area contributed by atoms with Gasteiger partial charge in [-0.05, 0) is 31.7 Å². The highest BCUT2D eigenvalue weighted by Gasteiger charge is 2.33. The van der Waals surface area contributed by atoms with E-state index in [0.717, 1.165) is 11.8 Å². The second-order valence-electron chi connectivity index (χ2n) is 4.88. The summed E-state index contributed by atoms with van der Waals surface area (Å²) in [5.41, 5.74) is 0.442. The number of nitrogens with zero attached hydrogens (tertiary/aromatic N) is 3. The molecule has 3 nitrogen and oxygen atoms in total. The molecule has 1 atom stereocenters. The number of halogens is 3. The fraction of sp³-hybridized carbons (Fsp3) is 0.333. The van der Waals surface area contributed by atoms with Crippen molar-refractivity contribution in [3.63, 3.8) is 0 Å². The Morgan fingerprint density at radius 2 is 1.90 bits per heavy atom. The SMILES string of the molecule is C[C@@H](c1ccncn1)N(C)Cc1ccccc1C(F)(F)F. The van der Waals surface area contributed by atoms with Crippen LogP contribution < -0.4 is 0 Å². The van der Waals surface area contributed by atoms with Gasteiger partial charge in [-0.2, -0.15) is 13.2 Å². The van der Waals surface area contributed by atoms with Crippen molar-refractivity contribution in [3.8, 4) is 0 Å². The zero-order valence-electron chi connectivity index (χ0n) is 11.8. The van der Waals surface area contributed by atoms with Crippen molar-refractivity contribution in [1.29, 1.82) is 0 Å². The number of hydrogen-bond donors (Lipinski definition) is 0. The lowest BCUT2D eigenvalue weighted by molar-refractivity contribution is -0.138. The Labute approximate surface area is 121 Å². The van der Waals surface area contributed by atoms with Gasteiger partial charge in [-0.15, -0.1) is 0 Å². The smallest absolute Gasteiger partial charge is 0.294 e. The van der Waals surface area contributed by atoms with Gasteiger partial charge in [-0.25, -0.2) is 9.97 Å². The van der Waals surface area contributed by atoms with E-state index in [4.69, 9.17) is 0 Å². The van der Waals surface area contributed by atoms with Gasteiger partial charge in [0.25, 0.3) is 0 Å². The van der Waals surface area contributed by atoms with E-state index in [9.17, 15) is 13.2 Å². The molecule has 2 aromatic rings. The first kappa shape index (κ1) is 15.4. The number of benzene rings is 1. The van der Waals surface area contributed by atoms with Crippen LogP contribution in [0, 0.1) is 0 Å². The average molecular weight is 295 g/mol. The molecule has 0 bridgehead atoms. The summed E-state index contributed by atoms with van der Waals surface area (Å²) in [4.78, 5) is 9.80. The van der Waals surface area contributed by atoms with Crippen LogP contribution in [-0.4, -0.2) is 21.9 Å². The Morgan fingerprint density at radius 3 is 2.52 bits per heavy atom. The summed E-state index contributed by atoms with van der Waals surface area (Å²) < 4.78 is 39.0. The first-order valence-electron chi connectivity index (χ1n) is 6.51. The number of alkyl halides is 3. The lowest BCUT2D eigenvalue weighted by atomic mass is 10.1. The summed E-state index contributed by atoms with van der Waals surface area (Å²) in [5, 5.41) is 0. The molecule has 0 saturated carbocycles. The zero-order valence-corrected chi connectivity index (χ0v) is 11.8. The summed E-state index contributed by atoms with van der Waals surface area (Å²) in [7, 11) is 1.78. The van der Waals surface area contributed by atoms with Crippen molar-refractivity contribution in [3.05, 3.63) is 59.7 Å². The minimum Gasteiger partial charge on any atom is -0.294 e. The first-order valence-corrected chi connectivity index (χ1v) is 6.51. The van der Waals surface area contributed by atoms with Crippen LogP contribution in [0.3, 0.4) is 0 Å². The third-order valence-corrected chi connectivity index (χ3v) is 3.44. The van der Waals surface area contributed by atoms with E-state index in [1.807, 2.05) is 11.8 Å². The topological polar surface area (TPSA) is 29.0 Å². The minimum absolute atomic E-state index is 0.103. The van der Waals surface area contributed by atoms with E-state index in [0.29, 0.717) is 0 Å². The van der Waals surface area contributed by atoms with Crippen LogP contribution in [0.5, 0.6) is 0 Å². The fourth-order valence-electron chi connectivity index (χ4n) is 2.11. The third kappa shape index (κ3) is 3.78. The predicted octanol–water partition coefficient (Wildman–Crippen LogP) is 3.69. The first-order chi connectivity index (χ1) is 9.89. The highest BCUT2D eigenvalue weighted by Crippen LogP contribution is 2.33. The van der Waals surface area contributed by atoms with E-state index in [-0.39, 0.29) is 18.2 Å². The monoisotopic (exact) mass is 295 g/mol. The highest BCUT2D eigenvalue weighted by molar-refractivity contribution is 5.29. The Balaban J connectivity index is 2.19. The molecule has 6 heteroatoms. The normalized spacial score (nSPS) is 13.4. The minimum atomic E-state index is -4.34. The van der Waals surface area contributed by atoms with Crippen LogP contribution >= 0.6 is 0 Å². The zero-order chi connectivity index (χ0) is 15.5. The fourth-order valence-corrected chi connectivity index (χ4v) is 2.11. The summed E-state index contributed by atoms with van der Waals surface area (Å²) in [5.74, 6) is 0. The maximum Gasteiger partial charge on any atom is 0.416 e. The molecule has 0 aliphatic carbocycles. The second kappa shape index (κ2) is 6.22. The number of rotatable bonds is 4. The predicted molar refractivity (Wildman–Crippen MR) is 73.4 cm³/mol. The molecular weight excluding hydrogens is 279 g/mol. The molecule has 0 aliphatic rings. The van der Waals surface area contributed by atoms with Gasteiger partial charge in [0.05, 0.1) is 11.3 Å². The molecule has 0 amide bonds. The summed E-state index contributed by atoms with van der Waals surface area (Å²) >= 11 is 0. The van der Waals surface area contributed by atoms with Crippen molar-refractivity contribution < 1.29 is 13.2 Å². The van der Waals surface area contributed by atoms with Gasteiger partial charge in [0.2, 0.25) is 0 Å². The van der Waals surface area contributed by atoms with Crippen LogP contribution in [-0.2, 0) is 12.7 Å². The van der Waals surface area contributed by atoms with Crippen molar-refractivity contribution in [2.75, 3.05) is 7.05 Å². The summed E-state index contributed by atoms with van der Waals surface area (Å²) in [6, 6.07) is 7.30. The van der Waals surface area contributed by atoms with E-state index >= 15 is 0 Å². The van der Waals surface area contributed by atoms with Gasteiger partial charge in [0.1, 0.15) is 6.33 Å². The average Bonchev–Trinajstić information content (AvgIpc) is 2.47. The van der Waals surface area contributed by atoms with Gasteiger partial charge in [0.15, 0.2) is 0 Å². The van der Waals surface area contributed by atoms with Crippen molar-refractivity contribution in [2.24, 2.45) is 0 Å². The van der Waals surface area contributed by atoms with Crippen molar-refractivity contribution in [1.82, 2.24) is 14.9 Å². The Bertz CT molecular complexity index is 584. The van der Waals surface area contributed by atoms with Crippen LogP contribution in [0.4, 0.5) is 13.2 Å².